The highest BCUT2D eigenvalue weighted by atomic mass is 127. The molecule has 8 heteroatoms. The molecule has 1 amide bonds. The Balaban J connectivity index is 0.00000364. The third-order valence-corrected chi connectivity index (χ3v) is 4.95. The standard InChI is InChI=1S/C19H33N5O2.HI/c1-5-24-12-6-8-16(24)14-23(4)19(20-3)22-11-7-10-21-18(25)17-15(2)9-13-26-17;/h9,13,16H,5-8,10-12,14H2,1-4H3,(H,20,22)(H,21,25);1H. The Morgan fingerprint density at radius 1 is 1.41 bits per heavy atom. The first-order valence-corrected chi connectivity index (χ1v) is 9.55. The molecule has 0 aromatic carbocycles. The number of carbonyl (C=O) groups excluding carboxylic acids is 1. The highest BCUT2D eigenvalue weighted by Gasteiger charge is 2.24. The van der Waals surface area contributed by atoms with Gasteiger partial charge in [-0.2, -0.15) is 0 Å². The van der Waals surface area contributed by atoms with E-state index in [1.165, 1.54) is 25.6 Å². The maximum absolute atomic E-state index is 12.0. The van der Waals surface area contributed by atoms with Crippen molar-refractivity contribution in [2.45, 2.75) is 39.2 Å². The summed E-state index contributed by atoms with van der Waals surface area (Å²) < 4.78 is 5.19. The number of likely N-dealkylation sites (tertiary alicyclic amines) is 1. The monoisotopic (exact) mass is 491 g/mol. The van der Waals surface area contributed by atoms with Crippen LogP contribution in [0.25, 0.3) is 0 Å². The number of hydrogen-bond donors (Lipinski definition) is 2. The number of aliphatic imine (C=N–C) groups is 1. The molecule has 2 heterocycles. The zero-order valence-corrected chi connectivity index (χ0v) is 19.3. The Morgan fingerprint density at radius 3 is 2.78 bits per heavy atom. The van der Waals surface area contributed by atoms with Crippen molar-refractivity contribution in [3.63, 3.8) is 0 Å². The summed E-state index contributed by atoms with van der Waals surface area (Å²) in [6.07, 6.45) is 4.90. The number of hydrogen-bond acceptors (Lipinski definition) is 4. The van der Waals surface area contributed by atoms with E-state index in [-0.39, 0.29) is 29.9 Å². The number of halogens is 1. The van der Waals surface area contributed by atoms with Gasteiger partial charge in [0.25, 0.3) is 5.91 Å². The minimum Gasteiger partial charge on any atom is -0.459 e. The second-order valence-corrected chi connectivity index (χ2v) is 6.82. The van der Waals surface area contributed by atoms with Crippen LogP contribution < -0.4 is 10.6 Å². The molecular weight excluding hydrogens is 457 g/mol. The summed E-state index contributed by atoms with van der Waals surface area (Å²) in [6.45, 7) is 8.75. The normalized spacial score (nSPS) is 17.5. The van der Waals surface area contributed by atoms with Gasteiger partial charge in [0, 0.05) is 45.3 Å². The lowest BCUT2D eigenvalue weighted by Crippen LogP contribution is -2.46. The summed E-state index contributed by atoms with van der Waals surface area (Å²) in [5, 5.41) is 6.26. The van der Waals surface area contributed by atoms with Gasteiger partial charge in [-0.3, -0.25) is 14.7 Å². The fourth-order valence-corrected chi connectivity index (χ4v) is 3.48. The molecule has 1 aromatic rings. The van der Waals surface area contributed by atoms with E-state index in [4.69, 9.17) is 4.42 Å². The largest absolute Gasteiger partial charge is 0.459 e. The quantitative estimate of drug-likeness (QED) is 0.253. The Labute approximate surface area is 180 Å². The summed E-state index contributed by atoms with van der Waals surface area (Å²) in [5.41, 5.74) is 0.857. The van der Waals surface area contributed by atoms with Gasteiger partial charge < -0.3 is 20.0 Å². The highest BCUT2D eigenvalue weighted by molar-refractivity contribution is 14.0. The van der Waals surface area contributed by atoms with E-state index in [0.29, 0.717) is 18.3 Å². The summed E-state index contributed by atoms with van der Waals surface area (Å²) in [7, 11) is 3.90. The van der Waals surface area contributed by atoms with E-state index in [1.807, 2.05) is 14.0 Å². The third-order valence-electron chi connectivity index (χ3n) is 4.95. The van der Waals surface area contributed by atoms with Gasteiger partial charge in [-0.1, -0.05) is 6.92 Å². The zero-order valence-electron chi connectivity index (χ0n) is 17.0. The van der Waals surface area contributed by atoms with Crippen LogP contribution in [0.5, 0.6) is 0 Å². The number of furan rings is 1. The predicted molar refractivity (Wildman–Crippen MR) is 120 cm³/mol. The number of nitrogens with zero attached hydrogens (tertiary/aromatic N) is 3. The lowest BCUT2D eigenvalue weighted by Gasteiger charge is -2.29. The average Bonchev–Trinajstić information content (AvgIpc) is 3.26. The smallest absolute Gasteiger partial charge is 0.287 e. The van der Waals surface area contributed by atoms with Crippen LogP contribution in [-0.2, 0) is 0 Å². The molecular formula is C19H34IN5O2. The number of guanidine groups is 1. The number of amides is 1. The number of rotatable bonds is 8. The highest BCUT2D eigenvalue weighted by Crippen LogP contribution is 2.17. The van der Waals surface area contributed by atoms with Gasteiger partial charge in [-0.15, -0.1) is 24.0 Å². The van der Waals surface area contributed by atoms with E-state index in [9.17, 15) is 4.79 Å². The molecule has 1 fully saturated rings. The van der Waals surface area contributed by atoms with Crippen molar-refractivity contribution in [1.82, 2.24) is 20.4 Å². The Morgan fingerprint density at radius 2 is 2.15 bits per heavy atom. The van der Waals surface area contributed by atoms with E-state index in [1.54, 1.807) is 6.07 Å². The lowest BCUT2D eigenvalue weighted by atomic mass is 10.2. The molecule has 1 aromatic heterocycles. The van der Waals surface area contributed by atoms with Gasteiger partial charge in [0.2, 0.25) is 0 Å². The lowest BCUT2D eigenvalue weighted by molar-refractivity contribution is 0.0925. The molecule has 0 aliphatic carbocycles. The topological polar surface area (TPSA) is 73.1 Å². The fraction of sp³-hybridized carbons (Fsp3) is 0.684. The Hall–Kier alpha value is -1.29. The molecule has 154 valence electrons. The molecule has 1 aliphatic rings. The van der Waals surface area contributed by atoms with Crippen LogP contribution in [-0.4, -0.2) is 74.5 Å². The van der Waals surface area contributed by atoms with Gasteiger partial charge in [0.05, 0.1) is 6.26 Å². The summed E-state index contributed by atoms with van der Waals surface area (Å²) >= 11 is 0. The second-order valence-electron chi connectivity index (χ2n) is 6.82. The zero-order chi connectivity index (χ0) is 18.9. The first-order valence-electron chi connectivity index (χ1n) is 9.55. The van der Waals surface area contributed by atoms with E-state index < -0.39 is 0 Å². The van der Waals surface area contributed by atoms with Gasteiger partial charge in [-0.25, -0.2) is 0 Å². The van der Waals surface area contributed by atoms with Crippen molar-refractivity contribution in [2.24, 2.45) is 4.99 Å². The van der Waals surface area contributed by atoms with Crippen molar-refractivity contribution in [2.75, 3.05) is 46.8 Å². The molecule has 0 radical (unpaired) electrons. The number of carbonyl (C=O) groups is 1. The molecule has 1 atom stereocenters. The van der Waals surface area contributed by atoms with E-state index >= 15 is 0 Å². The SMILES string of the molecule is CCN1CCCC1CN(C)C(=NC)NCCCNC(=O)c1occc1C.I. The van der Waals surface area contributed by atoms with Crippen LogP contribution in [0.4, 0.5) is 0 Å². The van der Waals surface area contributed by atoms with Crippen LogP contribution in [0, 0.1) is 6.92 Å². The number of nitrogens with one attached hydrogen (secondary N) is 2. The maximum atomic E-state index is 12.0. The fourth-order valence-electron chi connectivity index (χ4n) is 3.48. The van der Waals surface area contributed by atoms with Gasteiger partial charge >= 0.3 is 0 Å². The van der Waals surface area contributed by atoms with Crippen LogP contribution in [0.15, 0.2) is 21.7 Å². The van der Waals surface area contributed by atoms with Crippen LogP contribution in [0.1, 0.15) is 42.3 Å². The van der Waals surface area contributed by atoms with Gasteiger partial charge in [-0.05, 0) is 45.3 Å². The van der Waals surface area contributed by atoms with Crippen LogP contribution >= 0.6 is 24.0 Å². The molecule has 0 bridgehead atoms. The van der Waals surface area contributed by atoms with E-state index in [0.717, 1.165) is 37.6 Å². The second kappa shape index (κ2) is 12.2. The van der Waals surface area contributed by atoms with Crippen molar-refractivity contribution in [3.8, 4) is 0 Å². The molecule has 7 nitrogen and oxygen atoms in total. The Kier molecular flexibility index (Phi) is 10.8. The molecule has 0 spiro atoms. The van der Waals surface area contributed by atoms with E-state index in [2.05, 4.69) is 39.4 Å². The molecule has 1 saturated heterocycles. The molecule has 1 aliphatic heterocycles. The minimum absolute atomic E-state index is 0. The number of likely N-dealkylation sites (N-methyl/N-ethyl adjacent to an activating group) is 2. The van der Waals surface area contributed by atoms with Crippen molar-refractivity contribution in [3.05, 3.63) is 23.7 Å². The summed E-state index contributed by atoms with van der Waals surface area (Å²) in [6, 6.07) is 2.40. The Bertz CT molecular complexity index is 605. The summed E-state index contributed by atoms with van der Waals surface area (Å²) in [4.78, 5) is 21.1. The van der Waals surface area contributed by atoms with Crippen LogP contribution in [0.2, 0.25) is 0 Å². The molecule has 27 heavy (non-hydrogen) atoms. The molecule has 1 unspecified atom stereocenters. The average molecular weight is 491 g/mol. The van der Waals surface area contributed by atoms with Gasteiger partial charge in [0.1, 0.15) is 0 Å². The van der Waals surface area contributed by atoms with Crippen molar-refractivity contribution in [1.29, 1.82) is 0 Å². The summed E-state index contributed by atoms with van der Waals surface area (Å²) in [5.74, 6) is 1.14. The third kappa shape index (κ3) is 6.99. The van der Waals surface area contributed by atoms with Crippen molar-refractivity contribution >= 4 is 35.8 Å². The number of aryl methyl sites for hydroxylation is 1. The first kappa shape index (κ1) is 23.7. The molecule has 2 rings (SSSR count). The van der Waals surface area contributed by atoms with Crippen LogP contribution in [0.3, 0.4) is 0 Å². The van der Waals surface area contributed by atoms with Gasteiger partial charge in [0.15, 0.2) is 11.7 Å². The van der Waals surface area contributed by atoms with Crippen molar-refractivity contribution < 1.29 is 9.21 Å². The molecule has 2 N–H and O–H groups in total. The minimum atomic E-state index is -0.158. The maximum Gasteiger partial charge on any atom is 0.287 e. The molecule has 0 saturated carbocycles. The first-order chi connectivity index (χ1) is 12.6. The predicted octanol–water partition coefficient (Wildman–Crippen LogP) is 2.32.